The van der Waals surface area contributed by atoms with Gasteiger partial charge in [0.1, 0.15) is 6.61 Å². The molecule has 5 heteroatoms. The highest BCUT2D eigenvalue weighted by atomic mass is 16.5. The average Bonchev–Trinajstić information content (AvgIpc) is 2.70. The standard InChI is InChI=1S/C22H22O5/c1-14(23)27-13-16-10-9-15-7-5-6-8-18(15)21(16)17-11-19(24-2)22(26-4)20(12-17)25-3/h5-12H,13H2,1-4H3. The van der Waals surface area contributed by atoms with E-state index in [4.69, 9.17) is 18.9 Å². The number of ether oxygens (including phenoxy) is 4. The topological polar surface area (TPSA) is 54.0 Å². The monoisotopic (exact) mass is 366 g/mol. The number of carbonyl (C=O) groups is 1. The number of rotatable bonds is 6. The quantitative estimate of drug-likeness (QED) is 0.597. The molecule has 3 aromatic rings. The Kier molecular flexibility index (Phi) is 5.50. The number of hydrogen-bond acceptors (Lipinski definition) is 5. The number of benzene rings is 3. The van der Waals surface area contributed by atoms with E-state index in [-0.39, 0.29) is 12.6 Å². The third-order valence-corrected chi connectivity index (χ3v) is 4.40. The summed E-state index contributed by atoms with van der Waals surface area (Å²) < 4.78 is 21.7. The van der Waals surface area contributed by atoms with Gasteiger partial charge in [0.25, 0.3) is 0 Å². The normalized spacial score (nSPS) is 10.5. The Balaban J connectivity index is 2.28. The summed E-state index contributed by atoms with van der Waals surface area (Å²) >= 11 is 0. The Morgan fingerprint density at radius 1 is 0.889 bits per heavy atom. The lowest BCUT2D eigenvalue weighted by molar-refractivity contribution is -0.142. The van der Waals surface area contributed by atoms with Crippen molar-refractivity contribution in [2.75, 3.05) is 21.3 Å². The largest absolute Gasteiger partial charge is 0.493 e. The molecule has 0 heterocycles. The van der Waals surface area contributed by atoms with Gasteiger partial charge in [-0.2, -0.15) is 0 Å². The van der Waals surface area contributed by atoms with Crippen LogP contribution in [0.3, 0.4) is 0 Å². The lowest BCUT2D eigenvalue weighted by Crippen LogP contribution is -2.02. The van der Waals surface area contributed by atoms with Gasteiger partial charge in [-0.1, -0.05) is 36.4 Å². The van der Waals surface area contributed by atoms with Crippen LogP contribution in [0.25, 0.3) is 21.9 Å². The molecule has 0 aliphatic carbocycles. The molecule has 0 unspecified atom stereocenters. The summed E-state index contributed by atoms with van der Waals surface area (Å²) in [6.07, 6.45) is 0. The van der Waals surface area contributed by atoms with Crippen LogP contribution in [0.15, 0.2) is 48.5 Å². The first-order valence-corrected chi connectivity index (χ1v) is 8.53. The summed E-state index contributed by atoms with van der Waals surface area (Å²) in [5.41, 5.74) is 2.76. The summed E-state index contributed by atoms with van der Waals surface area (Å²) in [4.78, 5) is 11.3. The molecule has 3 aromatic carbocycles. The van der Waals surface area contributed by atoms with Crippen molar-refractivity contribution in [3.8, 4) is 28.4 Å². The van der Waals surface area contributed by atoms with Gasteiger partial charge in [0, 0.05) is 6.92 Å². The van der Waals surface area contributed by atoms with Crippen molar-refractivity contribution < 1.29 is 23.7 Å². The maximum atomic E-state index is 11.3. The van der Waals surface area contributed by atoms with Gasteiger partial charge in [-0.15, -0.1) is 0 Å². The molecular weight excluding hydrogens is 344 g/mol. The van der Waals surface area contributed by atoms with Crippen LogP contribution >= 0.6 is 0 Å². The molecule has 0 saturated heterocycles. The molecule has 0 spiro atoms. The molecule has 0 atom stereocenters. The van der Waals surface area contributed by atoms with Gasteiger partial charge in [0.2, 0.25) is 5.75 Å². The van der Waals surface area contributed by atoms with Gasteiger partial charge < -0.3 is 18.9 Å². The minimum Gasteiger partial charge on any atom is -0.493 e. The maximum absolute atomic E-state index is 11.3. The fraction of sp³-hybridized carbons (Fsp3) is 0.227. The lowest BCUT2D eigenvalue weighted by atomic mass is 9.93. The van der Waals surface area contributed by atoms with Crippen molar-refractivity contribution in [3.63, 3.8) is 0 Å². The Morgan fingerprint density at radius 2 is 1.56 bits per heavy atom. The van der Waals surface area contributed by atoms with E-state index in [0.29, 0.717) is 17.2 Å². The molecule has 5 nitrogen and oxygen atoms in total. The summed E-state index contributed by atoms with van der Waals surface area (Å²) in [6.45, 7) is 1.59. The van der Waals surface area contributed by atoms with Crippen LogP contribution in [0.5, 0.6) is 17.2 Å². The van der Waals surface area contributed by atoms with E-state index in [1.165, 1.54) is 6.92 Å². The number of hydrogen-bond donors (Lipinski definition) is 0. The van der Waals surface area contributed by atoms with Gasteiger partial charge >= 0.3 is 5.97 Å². The molecular formula is C22H22O5. The molecule has 0 bridgehead atoms. The van der Waals surface area contributed by atoms with Crippen LogP contribution in [-0.2, 0) is 16.1 Å². The van der Waals surface area contributed by atoms with E-state index in [1.54, 1.807) is 21.3 Å². The highest BCUT2D eigenvalue weighted by Gasteiger charge is 2.18. The van der Waals surface area contributed by atoms with Crippen molar-refractivity contribution >= 4 is 16.7 Å². The molecule has 0 amide bonds. The molecule has 140 valence electrons. The number of fused-ring (bicyclic) bond motifs is 1. The Bertz CT molecular complexity index is 953. The number of esters is 1. The van der Waals surface area contributed by atoms with Crippen LogP contribution in [0, 0.1) is 0 Å². The zero-order valence-corrected chi connectivity index (χ0v) is 15.9. The summed E-state index contributed by atoms with van der Waals surface area (Å²) in [5, 5.41) is 2.14. The SMILES string of the molecule is COc1cc(-c2c(COC(C)=O)ccc3ccccc23)cc(OC)c1OC. The minimum atomic E-state index is -0.320. The first-order valence-electron chi connectivity index (χ1n) is 8.53. The van der Waals surface area contributed by atoms with E-state index in [9.17, 15) is 4.79 Å². The minimum absolute atomic E-state index is 0.187. The van der Waals surface area contributed by atoms with Crippen molar-refractivity contribution in [3.05, 3.63) is 54.1 Å². The van der Waals surface area contributed by atoms with E-state index in [0.717, 1.165) is 27.5 Å². The molecule has 0 saturated carbocycles. The zero-order chi connectivity index (χ0) is 19.4. The van der Waals surface area contributed by atoms with Gasteiger partial charge in [-0.25, -0.2) is 0 Å². The van der Waals surface area contributed by atoms with E-state index in [1.807, 2.05) is 48.5 Å². The Morgan fingerprint density at radius 3 is 2.15 bits per heavy atom. The van der Waals surface area contributed by atoms with Crippen molar-refractivity contribution in [1.29, 1.82) is 0 Å². The predicted octanol–water partition coefficient (Wildman–Crippen LogP) is 4.60. The van der Waals surface area contributed by atoms with Gasteiger partial charge in [0.05, 0.1) is 21.3 Å². The van der Waals surface area contributed by atoms with Crippen molar-refractivity contribution in [2.45, 2.75) is 13.5 Å². The summed E-state index contributed by atoms with van der Waals surface area (Å²) in [5.74, 6) is 1.35. The first kappa shape index (κ1) is 18.6. The second-order valence-corrected chi connectivity index (χ2v) is 6.02. The molecule has 0 fully saturated rings. The molecule has 3 rings (SSSR count). The van der Waals surface area contributed by atoms with E-state index >= 15 is 0 Å². The van der Waals surface area contributed by atoms with E-state index < -0.39 is 0 Å². The highest BCUT2D eigenvalue weighted by Crippen LogP contribution is 2.43. The predicted molar refractivity (Wildman–Crippen MR) is 105 cm³/mol. The second kappa shape index (κ2) is 7.99. The third-order valence-electron chi connectivity index (χ3n) is 4.40. The fourth-order valence-electron chi connectivity index (χ4n) is 3.18. The zero-order valence-electron chi connectivity index (χ0n) is 15.9. The Labute approximate surface area is 158 Å². The molecule has 27 heavy (non-hydrogen) atoms. The molecule has 0 aromatic heterocycles. The fourth-order valence-corrected chi connectivity index (χ4v) is 3.18. The maximum Gasteiger partial charge on any atom is 0.302 e. The molecule has 0 aliphatic heterocycles. The molecule has 0 aliphatic rings. The Hall–Kier alpha value is -3.21. The van der Waals surface area contributed by atoms with Crippen LogP contribution in [0.2, 0.25) is 0 Å². The average molecular weight is 366 g/mol. The van der Waals surface area contributed by atoms with Gasteiger partial charge in [-0.3, -0.25) is 4.79 Å². The molecule has 0 N–H and O–H groups in total. The summed E-state index contributed by atoms with van der Waals surface area (Å²) in [6, 6.07) is 15.9. The third kappa shape index (κ3) is 3.67. The second-order valence-electron chi connectivity index (χ2n) is 6.02. The first-order chi connectivity index (χ1) is 13.1. The summed E-state index contributed by atoms with van der Waals surface area (Å²) in [7, 11) is 4.75. The van der Waals surface area contributed by atoms with Crippen LogP contribution in [-0.4, -0.2) is 27.3 Å². The molecule has 0 radical (unpaired) electrons. The smallest absolute Gasteiger partial charge is 0.302 e. The van der Waals surface area contributed by atoms with Crippen LogP contribution in [0.4, 0.5) is 0 Å². The van der Waals surface area contributed by atoms with E-state index in [2.05, 4.69) is 0 Å². The van der Waals surface area contributed by atoms with Crippen LogP contribution in [0.1, 0.15) is 12.5 Å². The number of methoxy groups -OCH3 is 3. The number of carbonyl (C=O) groups excluding carboxylic acids is 1. The highest BCUT2D eigenvalue weighted by molar-refractivity contribution is 5.99. The van der Waals surface area contributed by atoms with Crippen molar-refractivity contribution in [1.82, 2.24) is 0 Å². The van der Waals surface area contributed by atoms with Gasteiger partial charge in [-0.05, 0) is 39.6 Å². The van der Waals surface area contributed by atoms with Crippen LogP contribution < -0.4 is 14.2 Å². The van der Waals surface area contributed by atoms with Gasteiger partial charge in [0.15, 0.2) is 11.5 Å². The lowest BCUT2D eigenvalue weighted by Gasteiger charge is -2.17. The van der Waals surface area contributed by atoms with Crippen molar-refractivity contribution in [2.24, 2.45) is 0 Å².